The minimum atomic E-state index is -0.698. The highest BCUT2D eigenvalue weighted by atomic mass is 19.1. The molecule has 21 heavy (non-hydrogen) atoms. The lowest BCUT2D eigenvalue weighted by atomic mass is 10.1. The van der Waals surface area contributed by atoms with Gasteiger partial charge in [-0.3, -0.25) is 4.79 Å². The van der Waals surface area contributed by atoms with Crippen molar-refractivity contribution in [2.75, 3.05) is 19.6 Å². The van der Waals surface area contributed by atoms with Gasteiger partial charge in [0.05, 0.1) is 0 Å². The van der Waals surface area contributed by atoms with Crippen LogP contribution < -0.4 is 10.5 Å². The smallest absolute Gasteiger partial charge is 0.222 e. The number of nitrogens with two attached hydrogens (primary N) is 1. The molecule has 1 aliphatic rings. The first-order valence-electron chi connectivity index (χ1n) is 7.19. The predicted molar refractivity (Wildman–Crippen MR) is 74.9 cm³/mol. The van der Waals surface area contributed by atoms with E-state index in [4.69, 9.17) is 10.5 Å². The van der Waals surface area contributed by atoms with E-state index in [1.807, 2.05) is 0 Å². The third-order valence-corrected chi connectivity index (χ3v) is 3.58. The highest BCUT2D eigenvalue weighted by Gasteiger charge is 2.24. The van der Waals surface area contributed by atoms with Gasteiger partial charge >= 0.3 is 0 Å². The van der Waals surface area contributed by atoms with Gasteiger partial charge in [-0.05, 0) is 25.1 Å². The number of hydrogen-bond donors (Lipinski definition) is 1. The second kappa shape index (κ2) is 7.36. The molecular weight excluding hydrogens is 278 g/mol. The first kappa shape index (κ1) is 15.7. The summed E-state index contributed by atoms with van der Waals surface area (Å²) in [4.78, 5) is 13.6. The lowest BCUT2D eigenvalue weighted by Crippen LogP contribution is -2.41. The second-order valence-corrected chi connectivity index (χ2v) is 5.16. The summed E-state index contributed by atoms with van der Waals surface area (Å²) in [5.74, 6) is -1.16. The van der Waals surface area contributed by atoms with Crippen LogP contribution in [0.5, 0.6) is 5.75 Å². The molecule has 0 spiro atoms. The topological polar surface area (TPSA) is 55.6 Å². The Kier molecular flexibility index (Phi) is 5.50. The van der Waals surface area contributed by atoms with E-state index in [0.717, 1.165) is 6.07 Å². The number of hydrogen-bond acceptors (Lipinski definition) is 3. The number of amides is 1. The normalized spacial score (nSPS) is 16.0. The molecule has 1 aliphatic heterocycles. The molecule has 2 rings (SSSR count). The van der Waals surface area contributed by atoms with E-state index in [1.165, 1.54) is 12.1 Å². The van der Waals surface area contributed by atoms with Crippen LogP contribution in [-0.4, -0.2) is 36.5 Å². The lowest BCUT2D eigenvalue weighted by molar-refractivity contribution is -0.133. The average Bonchev–Trinajstić information content (AvgIpc) is 2.48. The third-order valence-electron chi connectivity index (χ3n) is 3.58. The third kappa shape index (κ3) is 4.39. The van der Waals surface area contributed by atoms with Crippen LogP contribution in [0.4, 0.5) is 8.78 Å². The molecule has 1 aromatic carbocycles. The van der Waals surface area contributed by atoms with Crippen molar-refractivity contribution in [3.63, 3.8) is 0 Å². The van der Waals surface area contributed by atoms with Gasteiger partial charge in [-0.25, -0.2) is 8.78 Å². The van der Waals surface area contributed by atoms with Crippen LogP contribution in [-0.2, 0) is 4.79 Å². The summed E-state index contributed by atoms with van der Waals surface area (Å²) >= 11 is 0. The van der Waals surface area contributed by atoms with Gasteiger partial charge in [-0.15, -0.1) is 0 Å². The Balaban J connectivity index is 1.82. The summed E-state index contributed by atoms with van der Waals surface area (Å²) in [5.41, 5.74) is 5.39. The number of likely N-dealkylation sites (tertiary alicyclic amines) is 1. The quantitative estimate of drug-likeness (QED) is 0.905. The molecule has 0 atom stereocenters. The van der Waals surface area contributed by atoms with Gasteiger partial charge in [0.15, 0.2) is 11.6 Å². The van der Waals surface area contributed by atoms with E-state index in [-0.39, 0.29) is 17.8 Å². The molecule has 2 N–H and O–H groups in total. The minimum absolute atomic E-state index is 0.0595. The predicted octanol–water partition coefficient (Wildman–Crippen LogP) is 2.07. The number of rotatable bonds is 5. The van der Waals surface area contributed by atoms with Crippen molar-refractivity contribution in [2.24, 2.45) is 5.73 Å². The van der Waals surface area contributed by atoms with Gasteiger partial charge in [-0.1, -0.05) is 0 Å². The summed E-state index contributed by atoms with van der Waals surface area (Å²) in [6.07, 6.45) is 2.30. The monoisotopic (exact) mass is 298 g/mol. The van der Waals surface area contributed by atoms with E-state index in [1.54, 1.807) is 4.90 Å². The first-order chi connectivity index (χ1) is 10.1. The molecule has 4 nitrogen and oxygen atoms in total. The van der Waals surface area contributed by atoms with Crippen LogP contribution in [0.15, 0.2) is 18.2 Å². The van der Waals surface area contributed by atoms with Gasteiger partial charge in [0, 0.05) is 38.4 Å². The number of piperidine rings is 1. The van der Waals surface area contributed by atoms with Gasteiger partial charge < -0.3 is 15.4 Å². The minimum Gasteiger partial charge on any atom is -0.487 e. The van der Waals surface area contributed by atoms with Crippen molar-refractivity contribution < 1.29 is 18.3 Å². The highest BCUT2D eigenvalue weighted by Crippen LogP contribution is 2.23. The molecule has 0 aliphatic carbocycles. The average molecular weight is 298 g/mol. The van der Waals surface area contributed by atoms with E-state index < -0.39 is 11.6 Å². The van der Waals surface area contributed by atoms with E-state index >= 15 is 0 Å². The Hall–Kier alpha value is -1.69. The molecule has 1 aromatic rings. The molecular formula is C15H20F2N2O2. The molecule has 1 saturated heterocycles. The molecule has 0 radical (unpaired) electrons. The SMILES string of the molecule is NCCCC(=O)N1CCC(Oc2ccc(F)cc2F)CC1. The molecule has 0 saturated carbocycles. The van der Waals surface area contributed by atoms with E-state index in [0.29, 0.717) is 45.3 Å². The largest absolute Gasteiger partial charge is 0.487 e. The fourth-order valence-electron chi connectivity index (χ4n) is 2.38. The summed E-state index contributed by atoms with van der Waals surface area (Å²) in [5, 5.41) is 0. The number of carbonyl (C=O) groups excluding carboxylic acids is 1. The number of benzene rings is 1. The van der Waals surface area contributed by atoms with Crippen molar-refractivity contribution in [3.8, 4) is 5.75 Å². The van der Waals surface area contributed by atoms with Crippen molar-refractivity contribution in [1.82, 2.24) is 4.90 Å². The molecule has 1 heterocycles. The van der Waals surface area contributed by atoms with Crippen LogP contribution in [0, 0.1) is 11.6 Å². The maximum Gasteiger partial charge on any atom is 0.222 e. The summed E-state index contributed by atoms with van der Waals surface area (Å²) in [6, 6.07) is 3.27. The Morgan fingerprint density at radius 1 is 1.33 bits per heavy atom. The first-order valence-corrected chi connectivity index (χ1v) is 7.19. The van der Waals surface area contributed by atoms with E-state index in [9.17, 15) is 13.6 Å². The Morgan fingerprint density at radius 2 is 2.05 bits per heavy atom. The van der Waals surface area contributed by atoms with Crippen LogP contribution in [0.25, 0.3) is 0 Å². The van der Waals surface area contributed by atoms with Crippen molar-refractivity contribution in [3.05, 3.63) is 29.8 Å². The lowest BCUT2D eigenvalue weighted by Gasteiger charge is -2.32. The zero-order valence-electron chi connectivity index (χ0n) is 11.9. The summed E-state index contributed by atoms with van der Waals surface area (Å²) in [7, 11) is 0. The van der Waals surface area contributed by atoms with Crippen molar-refractivity contribution in [1.29, 1.82) is 0 Å². The molecule has 116 valence electrons. The van der Waals surface area contributed by atoms with Crippen LogP contribution in [0.3, 0.4) is 0 Å². The summed E-state index contributed by atoms with van der Waals surface area (Å²) in [6.45, 7) is 1.70. The zero-order valence-corrected chi connectivity index (χ0v) is 11.9. The van der Waals surface area contributed by atoms with E-state index in [2.05, 4.69) is 0 Å². The highest BCUT2D eigenvalue weighted by molar-refractivity contribution is 5.76. The number of ether oxygens (including phenoxy) is 1. The van der Waals surface area contributed by atoms with Gasteiger partial charge in [0.25, 0.3) is 0 Å². The number of carbonyl (C=O) groups is 1. The Morgan fingerprint density at radius 3 is 2.67 bits per heavy atom. The van der Waals surface area contributed by atoms with Crippen LogP contribution in [0.2, 0.25) is 0 Å². The van der Waals surface area contributed by atoms with Crippen LogP contribution in [0.1, 0.15) is 25.7 Å². The molecule has 0 bridgehead atoms. The molecule has 1 amide bonds. The maximum absolute atomic E-state index is 13.5. The standard InChI is InChI=1S/C15H20F2N2O2/c16-11-3-4-14(13(17)10-11)21-12-5-8-19(9-6-12)15(20)2-1-7-18/h3-4,10,12H,1-2,5-9,18H2. The van der Waals surface area contributed by atoms with Crippen LogP contribution >= 0.6 is 0 Å². The molecule has 0 unspecified atom stereocenters. The molecule has 6 heteroatoms. The summed E-state index contributed by atoms with van der Waals surface area (Å²) < 4.78 is 31.9. The second-order valence-electron chi connectivity index (χ2n) is 5.16. The Labute approximate surface area is 122 Å². The fraction of sp³-hybridized carbons (Fsp3) is 0.533. The Bertz CT molecular complexity index is 489. The molecule has 0 aromatic heterocycles. The van der Waals surface area contributed by atoms with Gasteiger partial charge in [-0.2, -0.15) is 0 Å². The number of nitrogens with zero attached hydrogens (tertiary/aromatic N) is 1. The van der Waals surface area contributed by atoms with Crippen molar-refractivity contribution in [2.45, 2.75) is 31.8 Å². The zero-order chi connectivity index (χ0) is 15.2. The van der Waals surface area contributed by atoms with Gasteiger partial charge in [0.2, 0.25) is 5.91 Å². The fourth-order valence-corrected chi connectivity index (χ4v) is 2.38. The molecule has 1 fully saturated rings. The van der Waals surface area contributed by atoms with Crippen molar-refractivity contribution >= 4 is 5.91 Å². The maximum atomic E-state index is 13.5. The number of halogens is 2. The van der Waals surface area contributed by atoms with Gasteiger partial charge in [0.1, 0.15) is 11.9 Å².